The van der Waals surface area contributed by atoms with Gasteiger partial charge in [-0.25, -0.2) is 0 Å². The number of hydrogen-bond acceptors (Lipinski definition) is 4. The molecule has 0 heterocycles. The van der Waals surface area contributed by atoms with Crippen molar-refractivity contribution in [3.63, 3.8) is 0 Å². The highest BCUT2D eigenvalue weighted by Gasteiger charge is 2.01. The summed E-state index contributed by atoms with van der Waals surface area (Å²) in [5, 5.41) is 0. The number of nitrogens with two attached hydrogens (primary N) is 1. The molecule has 0 aliphatic carbocycles. The lowest BCUT2D eigenvalue weighted by Gasteiger charge is -2.00. The van der Waals surface area contributed by atoms with E-state index in [1.54, 1.807) is 0 Å². The van der Waals surface area contributed by atoms with Crippen molar-refractivity contribution in [1.82, 2.24) is 0 Å². The molecule has 0 aromatic rings. The van der Waals surface area contributed by atoms with Crippen molar-refractivity contribution >= 4 is 18.0 Å². The van der Waals surface area contributed by atoms with Crippen LogP contribution in [0.5, 0.6) is 0 Å². The second kappa shape index (κ2) is 8.87. The number of hydrogen-bond donors (Lipinski definition) is 1. The zero-order valence-electron chi connectivity index (χ0n) is 7.54. The highest BCUT2D eigenvalue weighted by atomic mass is 32.2. The summed E-state index contributed by atoms with van der Waals surface area (Å²) in [6, 6.07) is 0. The van der Waals surface area contributed by atoms with Crippen LogP contribution in [0.4, 0.5) is 0 Å². The Morgan fingerprint density at radius 1 is 1.50 bits per heavy atom. The van der Waals surface area contributed by atoms with Crippen LogP contribution in [-0.4, -0.2) is 18.3 Å². The summed E-state index contributed by atoms with van der Waals surface area (Å²) in [5.74, 6) is 0.557. The van der Waals surface area contributed by atoms with Crippen LogP contribution < -0.4 is 5.73 Å². The molecule has 0 unspecified atom stereocenters. The molecular formula is C8H17NO2S. The highest BCUT2D eigenvalue weighted by molar-refractivity contribution is 7.95. The van der Waals surface area contributed by atoms with Crippen molar-refractivity contribution in [2.75, 3.05) is 12.3 Å². The Bertz CT molecular complexity index is 108. The molecule has 0 aromatic heterocycles. The molecule has 0 aromatic carbocycles. The summed E-state index contributed by atoms with van der Waals surface area (Å²) in [6.07, 6.45) is 3.68. The van der Waals surface area contributed by atoms with Gasteiger partial charge in [-0.3, -0.25) is 4.79 Å². The van der Waals surface area contributed by atoms with Gasteiger partial charge >= 0.3 is 5.97 Å². The number of rotatable bonds is 7. The maximum Gasteiger partial charge on any atom is 0.317 e. The van der Waals surface area contributed by atoms with E-state index in [2.05, 4.69) is 6.92 Å². The summed E-state index contributed by atoms with van der Waals surface area (Å²) >= 11 is 1.14. The molecule has 0 bridgehead atoms. The predicted molar refractivity (Wildman–Crippen MR) is 51.7 cm³/mol. The Morgan fingerprint density at radius 2 is 2.25 bits per heavy atom. The van der Waals surface area contributed by atoms with Gasteiger partial charge in [0, 0.05) is 18.7 Å². The molecule has 2 N–H and O–H groups in total. The zero-order chi connectivity index (χ0) is 9.23. The van der Waals surface area contributed by atoms with Crippen molar-refractivity contribution in [2.24, 2.45) is 5.73 Å². The second-order valence-corrected chi connectivity index (χ2v) is 3.33. The summed E-state index contributed by atoms with van der Waals surface area (Å²) in [5.41, 5.74) is 5.22. The monoisotopic (exact) mass is 191 g/mol. The molecule has 4 heteroatoms. The molecule has 0 radical (unpaired) electrons. The fourth-order valence-electron chi connectivity index (χ4n) is 0.717. The molecule has 0 aliphatic heterocycles. The van der Waals surface area contributed by atoms with Gasteiger partial charge in [-0.05, 0) is 6.42 Å². The zero-order valence-corrected chi connectivity index (χ0v) is 8.36. The topological polar surface area (TPSA) is 52.3 Å². The van der Waals surface area contributed by atoms with Gasteiger partial charge in [0.15, 0.2) is 0 Å². The lowest BCUT2D eigenvalue weighted by Crippen LogP contribution is -2.04. The predicted octanol–water partition coefficient (Wildman–Crippen LogP) is 1.72. The average Bonchev–Trinajstić information content (AvgIpc) is 2.06. The Morgan fingerprint density at radius 3 is 2.83 bits per heavy atom. The normalized spacial score (nSPS) is 9.83. The van der Waals surface area contributed by atoms with Gasteiger partial charge in [-0.15, -0.1) is 0 Å². The Balaban J connectivity index is 3.10. The maximum absolute atomic E-state index is 10.9. The molecule has 0 atom stereocenters. The van der Waals surface area contributed by atoms with E-state index in [0.717, 1.165) is 31.3 Å². The van der Waals surface area contributed by atoms with Crippen molar-refractivity contribution < 1.29 is 8.98 Å². The second-order valence-electron chi connectivity index (χ2n) is 2.52. The molecule has 3 nitrogen and oxygen atoms in total. The van der Waals surface area contributed by atoms with Crippen molar-refractivity contribution in [3.8, 4) is 0 Å². The molecular weight excluding hydrogens is 174 g/mol. The van der Waals surface area contributed by atoms with E-state index in [9.17, 15) is 4.79 Å². The molecule has 0 saturated heterocycles. The van der Waals surface area contributed by atoms with Gasteiger partial charge in [-0.1, -0.05) is 19.8 Å². The van der Waals surface area contributed by atoms with E-state index in [1.165, 1.54) is 0 Å². The van der Waals surface area contributed by atoms with E-state index in [1.807, 2.05) is 0 Å². The quantitative estimate of drug-likeness (QED) is 0.491. The fraction of sp³-hybridized carbons (Fsp3) is 0.875. The molecule has 0 saturated carbocycles. The van der Waals surface area contributed by atoms with Crippen LogP contribution in [0.3, 0.4) is 0 Å². The largest absolute Gasteiger partial charge is 0.391 e. The molecule has 0 aliphatic rings. The van der Waals surface area contributed by atoms with Crippen molar-refractivity contribution in [2.45, 2.75) is 32.6 Å². The van der Waals surface area contributed by atoms with Crippen molar-refractivity contribution in [3.05, 3.63) is 0 Å². The number of carbonyl (C=O) groups is 1. The summed E-state index contributed by atoms with van der Waals surface area (Å²) < 4.78 is 4.83. The van der Waals surface area contributed by atoms with Crippen LogP contribution in [0, 0.1) is 0 Å². The van der Waals surface area contributed by atoms with Crippen LogP contribution in [0.2, 0.25) is 0 Å². The first kappa shape index (κ1) is 11.8. The Labute approximate surface area is 78.2 Å². The molecule has 0 amide bonds. The van der Waals surface area contributed by atoms with Gasteiger partial charge < -0.3 is 9.92 Å². The summed E-state index contributed by atoms with van der Waals surface area (Å²) in [4.78, 5) is 10.9. The van der Waals surface area contributed by atoms with Gasteiger partial charge in [-0.2, -0.15) is 0 Å². The van der Waals surface area contributed by atoms with Gasteiger partial charge in [0.05, 0.1) is 12.0 Å². The molecule has 0 fully saturated rings. The number of carbonyl (C=O) groups excluding carboxylic acids is 1. The lowest BCUT2D eigenvalue weighted by molar-refractivity contribution is -0.133. The third-order valence-corrected chi connectivity index (χ3v) is 2.04. The first-order valence-electron chi connectivity index (χ1n) is 4.33. The van der Waals surface area contributed by atoms with E-state index in [4.69, 9.17) is 9.92 Å². The fourth-order valence-corrected chi connectivity index (χ4v) is 1.11. The minimum atomic E-state index is -0.123. The lowest BCUT2D eigenvalue weighted by atomic mass is 10.2. The summed E-state index contributed by atoms with van der Waals surface area (Å²) in [7, 11) is 0. The third-order valence-electron chi connectivity index (χ3n) is 1.34. The van der Waals surface area contributed by atoms with Crippen LogP contribution in [0.1, 0.15) is 32.6 Å². The first-order chi connectivity index (χ1) is 5.81. The molecule has 0 spiro atoms. The summed E-state index contributed by atoms with van der Waals surface area (Å²) in [6.45, 7) is 2.65. The SMILES string of the molecule is CCCCCC(=O)OSCCN. The Hall–Kier alpha value is -0.220. The number of unbranched alkanes of at least 4 members (excludes halogenated alkanes) is 2. The van der Waals surface area contributed by atoms with Crippen molar-refractivity contribution in [1.29, 1.82) is 0 Å². The minimum absolute atomic E-state index is 0.123. The van der Waals surface area contributed by atoms with Crippen LogP contribution in [0.15, 0.2) is 0 Å². The van der Waals surface area contributed by atoms with E-state index < -0.39 is 0 Å². The maximum atomic E-state index is 10.9. The molecule has 0 rings (SSSR count). The standard InChI is InChI=1S/C8H17NO2S/c1-2-3-4-5-8(10)11-12-7-6-9/h2-7,9H2,1H3. The third kappa shape index (κ3) is 7.88. The molecule has 72 valence electrons. The van der Waals surface area contributed by atoms with Crippen LogP contribution in [0.25, 0.3) is 0 Å². The average molecular weight is 191 g/mol. The van der Waals surface area contributed by atoms with Crippen LogP contribution >= 0.6 is 12.0 Å². The van der Waals surface area contributed by atoms with Gasteiger partial charge in [0.1, 0.15) is 0 Å². The van der Waals surface area contributed by atoms with E-state index in [0.29, 0.717) is 18.7 Å². The van der Waals surface area contributed by atoms with E-state index >= 15 is 0 Å². The minimum Gasteiger partial charge on any atom is -0.391 e. The van der Waals surface area contributed by atoms with Crippen LogP contribution in [-0.2, 0) is 8.98 Å². The van der Waals surface area contributed by atoms with Gasteiger partial charge in [0.2, 0.25) is 0 Å². The van der Waals surface area contributed by atoms with Gasteiger partial charge in [0.25, 0.3) is 0 Å². The smallest absolute Gasteiger partial charge is 0.317 e. The molecule has 12 heavy (non-hydrogen) atoms. The first-order valence-corrected chi connectivity index (χ1v) is 5.24. The van der Waals surface area contributed by atoms with E-state index in [-0.39, 0.29) is 5.97 Å². The highest BCUT2D eigenvalue weighted by Crippen LogP contribution is 2.06. The Kier molecular flexibility index (Phi) is 8.71.